The second kappa shape index (κ2) is 6.21. The maximum atomic E-state index is 9.38. The van der Waals surface area contributed by atoms with Gasteiger partial charge in [0, 0.05) is 6.61 Å². The predicted octanol–water partition coefficient (Wildman–Crippen LogP) is 1.72. The van der Waals surface area contributed by atoms with Crippen molar-refractivity contribution in [3.63, 3.8) is 0 Å². The fourth-order valence-corrected chi connectivity index (χ4v) is 1.05. The highest BCUT2D eigenvalue weighted by molar-refractivity contribution is 4.96. The van der Waals surface area contributed by atoms with Gasteiger partial charge in [-0.25, -0.2) is 0 Å². The Morgan fingerprint density at radius 1 is 1.33 bits per heavy atom. The molecule has 0 aromatic rings. The quantitative estimate of drug-likeness (QED) is 0.599. The van der Waals surface area contributed by atoms with E-state index in [1.54, 1.807) is 0 Å². The highest BCUT2D eigenvalue weighted by Gasteiger charge is 2.07. The molecule has 0 aromatic carbocycles. The summed E-state index contributed by atoms with van der Waals surface area (Å²) in [5, 5.41) is 18.0. The monoisotopic (exact) mass is 172 g/mol. The van der Waals surface area contributed by atoms with Gasteiger partial charge in [-0.15, -0.1) is 0 Å². The van der Waals surface area contributed by atoms with E-state index in [9.17, 15) is 5.11 Å². The Hall–Kier alpha value is -0.340. The van der Waals surface area contributed by atoms with E-state index < -0.39 is 0 Å². The lowest BCUT2D eigenvalue weighted by molar-refractivity contribution is 0.183. The van der Waals surface area contributed by atoms with E-state index >= 15 is 0 Å². The van der Waals surface area contributed by atoms with Crippen LogP contribution in [0.5, 0.6) is 0 Å². The third kappa shape index (κ3) is 5.33. The fourth-order valence-electron chi connectivity index (χ4n) is 1.05. The van der Waals surface area contributed by atoms with E-state index in [4.69, 9.17) is 5.11 Å². The van der Waals surface area contributed by atoms with Gasteiger partial charge in [-0.1, -0.05) is 19.1 Å². The van der Waals surface area contributed by atoms with Crippen molar-refractivity contribution < 1.29 is 10.2 Å². The zero-order chi connectivity index (χ0) is 9.56. The van der Waals surface area contributed by atoms with Gasteiger partial charge >= 0.3 is 0 Å². The van der Waals surface area contributed by atoms with Crippen LogP contribution in [-0.2, 0) is 0 Å². The Labute approximate surface area is 74.9 Å². The number of hydrogen-bond donors (Lipinski definition) is 2. The third-order valence-corrected chi connectivity index (χ3v) is 2.12. The minimum absolute atomic E-state index is 0.240. The molecule has 2 nitrogen and oxygen atoms in total. The first kappa shape index (κ1) is 11.7. The molecule has 0 saturated carbocycles. The maximum Gasteiger partial charge on any atom is 0.0744 e. The van der Waals surface area contributed by atoms with Crippen molar-refractivity contribution in [2.24, 2.45) is 5.92 Å². The normalized spacial score (nSPS) is 15.7. The van der Waals surface area contributed by atoms with Crippen molar-refractivity contribution >= 4 is 0 Å². The molecule has 12 heavy (non-hydrogen) atoms. The van der Waals surface area contributed by atoms with Gasteiger partial charge in [0.1, 0.15) is 0 Å². The average Bonchev–Trinajstić information content (AvgIpc) is 2.00. The molecule has 0 heterocycles. The molecule has 0 aromatic heterocycles. The zero-order valence-electron chi connectivity index (χ0n) is 8.08. The minimum atomic E-state index is -0.369. The van der Waals surface area contributed by atoms with Crippen LogP contribution in [0.25, 0.3) is 0 Å². The van der Waals surface area contributed by atoms with Crippen molar-refractivity contribution in [1.29, 1.82) is 0 Å². The molecule has 0 fully saturated rings. The SMILES string of the molecule is C=C(C)[C@@H](O)CC[C@H](C)CCO. The molecule has 0 rings (SSSR count). The average molecular weight is 172 g/mol. The first-order valence-electron chi connectivity index (χ1n) is 4.52. The molecule has 0 unspecified atom stereocenters. The van der Waals surface area contributed by atoms with Gasteiger partial charge in [0.25, 0.3) is 0 Å². The summed E-state index contributed by atoms with van der Waals surface area (Å²) in [4.78, 5) is 0. The highest BCUT2D eigenvalue weighted by atomic mass is 16.3. The highest BCUT2D eigenvalue weighted by Crippen LogP contribution is 2.14. The van der Waals surface area contributed by atoms with Gasteiger partial charge in [-0.3, -0.25) is 0 Å². The van der Waals surface area contributed by atoms with Crippen molar-refractivity contribution in [3.8, 4) is 0 Å². The molecule has 72 valence electrons. The first-order chi connectivity index (χ1) is 5.57. The molecule has 2 heteroatoms. The Balaban J connectivity index is 3.46. The van der Waals surface area contributed by atoms with Gasteiger partial charge in [0.2, 0.25) is 0 Å². The van der Waals surface area contributed by atoms with Crippen LogP contribution < -0.4 is 0 Å². The molecule has 2 atom stereocenters. The van der Waals surface area contributed by atoms with Gasteiger partial charge in [-0.2, -0.15) is 0 Å². The molecule has 2 N–H and O–H groups in total. The van der Waals surface area contributed by atoms with Crippen LogP contribution in [0.4, 0.5) is 0 Å². The first-order valence-corrected chi connectivity index (χ1v) is 4.52. The molecular weight excluding hydrogens is 152 g/mol. The van der Waals surface area contributed by atoms with E-state index in [-0.39, 0.29) is 12.7 Å². The summed E-state index contributed by atoms with van der Waals surface area (Å²) in [5.74, 6) is 0.490. The smallest absolute Gasteiger partial charge is 0.0744 e. The van der Waals surface area contributed by atoms with Crippen molar-refractivity contribution in [2.75, 3.05) is 6.61 Å². The molecular formula is C10H20O2. The van der Waals surface area contributed by atoms with Crippen molar-refractivity contribution in [3.05, 3.63) is 12.2 Å². The van der Waals surface area contributed by atoms with Crippen molar-refractivity contribution in [2.45, 2.75) is 39.2 Å². The molecule has 0 bridgehead atoms. The molecule has 0 saturated heterocycles. The Morgan fingerprint density at radius 2 is 1.92 bits per heavy atom. The van der Waals surface area contributed by atoms with E-state index in [0.717, 1.165) is 24.8 Å². The Kier molecular flexibility index (Phi) is 6.03. The van der Waals surface area contributed by atoms with Gasteiger partial charge in [-0.05, 0) is 32.1 Å². The lowest BCUT2D eigenvalue weighted by atomic mass is 9.98. The van der Waals surface area contributed by atoms with E-state index in [1.165, 1.54) is 0 Å². The number of rotatable bonds is 6. The molecule has 0 aliphatic rings. The fraction of sp³-hybridized carbons (Fsp3) is 0.800. The van der Waals surface area contributed by atoms with Crippen LogP contribution in [0.3, 0.4) is 0 Å². The molecule has 0 radical (unpaired) electrons. The number of hydrogen-bond acceptors (Lipinski definition) is 2. The van der Waals surface area contributed by atoms with E-state index in [1.807, 2.05) is 6.92 Å². The summed E-state index contributed by atoms with van der Waals surface area (Å²) in [5.41, 5.74) is 0.825. The summed E-state index contributed by atoms with van der Waals surface area (Å²) in [6.45, 7) is 7.84. The lowest BCUT2D eigenvalue weighted by Gasteiger charge is -2.13. The topological polar surface area (TPSA) is 40.5 Å². The van der Waals surface area contributed by atoms with Crippen LogP contribution >= 0.6 is 0 Å². The van der Waals surface area contributed by atoms with Crippen LogP contribution in [0.15, 0.2) is 12.2 Å². The molecule has 0 spiro atoms. The van der Waals surface area contributed by atoms with Gasteiger partial charge < -0.3 is 10.2 Å². The lowest BCUT2D eigenvalue weighted by Crippen LogP contribution is -2.09. The molecule has 0 aliphatic carbocycles. The Morgan fingerprint density at radius 3 is 2.33 bits per heavy atom. The van der Waals surface area contributed by atoms with Crippen LogP contribution in [0.1, 0.15) is 33.1 Å². The van der Waals surface area contributed by atoms with Crippen LogP contribution in [-0.4, -0.2) is 22.9 Å². The number of aliphatic hydroxyl groups is 2. The standard InChI is InChI=1S/C10H20O2/c1-8(2)10(12)5-4-9(3)6-7-11/h9-12H,1,4-7H2,2-3H3/t9-,10-/m0/s1. The Bertz CT molecular complexity index is 132. The van der Waals surface area contributed by atoms with Crippen LogP contribution in [0.2, 0.25) is 0 Å². The van der Waals surface area contributed by atoms with Gasteiger partial charge in [0.15, 0.2) is 0 Å². The summed E-state index contributed by atoms with van der Waals surface area (Å²) in [7, 11) is 0. The third-order valence-electron chi connectivity index (χ3n) is 2.12. The van der Waals surface area contributed by atoms with Crippen molar-refractivity contribution in [1.82, 2.24) is 0 Å². The zero-order valence-corrected chi connectivity index (χ0v) is 8.08. The molecule has 0 amide bonds. The number of aliphatic hydroxyl groups excluding tert-OH is 2. The minimum Gasteiger partial charge on any atom is -0.396 e. The molecule has 0 aliphatic heterocycles. The summed E-state index contributed by atoms with van der Waals surface area (Å²) in [6, 6.07) is 0. The maximum absolute atomic E-state index is 9.38. The second-order valence-electron chi connectivity index (χ2n) is 3.56. The second-order valence-corrected chi connectivity index (χ2v) is 3.56. The summed E-state index contributed by atoms with van der Waals surface area (Å²) in [6.07, 6.45) is 2.17. The van der Waals surface area contributed by atoms with E-state index in [0.29, 0.717) is 5.92 Å². The summed E-state index contributed by atoms with van der Waals surface area (Å²) >= 11 is 0. The largest absolute Gasteiger partial charge is 0.396 e. The summed E-state index contributed by atoms with van der Waals surface area (Å²) < 4.78 is 0. The predicted molar refractivity (Wildman–Crippen MR) is 50.9 cm³/mol. The van der Waals surface area contributed by atoms with E-state index in [2.05, 4.69) is 13.5 Å². The van der Waals surface area contributed by atoms with Gasteiger partial charge in [0.05, 0.1) is 6.10 Å². The van der Waals surface area contributed by atoms with Crippen LogP contribution in [0, 0.1) is 5.92 Å².